The number of methoxy groups -OCH3 is 1. The van der Waals surface area contributed by atoms with Gasteiger partial charge in [-0.2, -0.15) is 0 Å². The molecule has 4 atom stereocenters. The predicted octanol–water partition coefficient (Wildman–Crippen LogP) is 1.76. The number of ether oxygens (including phenoxy) is 3. The smallest absolute Gasteiger partial charge is 0.228 e. The van der Waals surface area contributed by atoms with Crippen molar-refractivity contribution in [3.63, 3.8) is 0 Å². The molecule has 3 rings (SSSR count). The summed E-state index contributed by atoms with van der Waals surface area (Å²) in [6, 6.07) is 13.1. The van der Waals surface area contributed by atoms with Crippen molar-refractivity contribution in [2.24, 2.45) is 0 Å². The average molecular weight is 381 g/mol. The van der Waals surface area contributed by atoms with Crippen molar-refractivity contribution in [3.8, 4) is 11.5 Å². The van der Waals surface area contributed by atoms with Crippen LogP contribution in [0.3, 0.4) is 0 Å². The molecule has 0 bridgehead atoms. The largest absolute Gasteiger partial charge is 0.497 e. The van der Waals surface area contributed by atoms with E-state index in [0.29, 0.717) is 17.2 Å². The maximum Gasteiger partial charge on any atom is 0.228 e. The van der Waals surface area contributed by atoms with Crippen LogP contribution in [0.1, 0.15) is 11.1 Å². The van der Waals surface area contributed by atoms with E-state index in [4.69, 9.17) is 25.8 Å². The highest BCUT2D eigenvalue weighted by molar-refractivity contribution is 6.32. The van der Waals surface area contributed by atoms with Crippen molar-refractivity contribution in [1.29, 1.82) is 0 Å². The number of halogens is 1. The van der Waals surface area contributed by atoms with Crippen LogP contribution in [0.15, 0.2) is 42.5 Å². The molecule has 1 aliphatic rings. The lowest BCUT2D eigenvalue weighted by Gasteiger charge is -2.35. The zero-order valence-electron chi connectivity index (χ0n) is 14.2. The number of benzene rings is 2. The molecule has 0 spiro atoms. The molecule has 0 radical (unpaired) electrons. The topological polar surface area (TPSA) is 88.4 Å². The van der Waals surface area contributed by atoms with Gasteiger partial charge in [0, 0.05) is 0 Å². The van der Waals surface area contributed by atoms with Crippen LogP contribution < -0.4 is 9.47 Å². The fourth-order valence-electron chi connectivity index (χ4n) is 2.74. The molecule has 26 heavy (non-hydrogen) atoms. The Balaban J connectivity index is 1.67. The zero-order chi connectivity index (χ0) is 18.7. The molecular formula is C19H21ClO6. The first-order valence-electron chi connectivity index (χ1n) is 8.21. The maximum absolute atomic E-state index is 9.94. The Morgan fingerprint density at radius 1 is 1.04 bits per heavy atom. The summed E-state index contributed by atoms with van der Waals surface area (Å²) in [6.45, 7) is -0.129. The second-order valence-corrected chi connectivity index (χ2v) is 6.56. The molecule has 140 valence electrons. The molecule has 3 N–H and O–H groups in total. The van der Waals surface area contributed by atoms with Crippen LogP contribution in [0.5, 0.6) is 11.5 Å². The Morgan fingerprint density at radius 3 is 2.38 bits per heavy atom. The van der Waals surface area contributed by atoms with E-state index in [0.717, 1.165) is 16.9 Å². The van der Waals surface area contributed by atoms with Crippen molar-refractivity contribution in [1.82, 2.24) is 0 Å². The van der Waals surface area contributed by atoms with E-state index in [1.165, 1.54) is 0 Å². The summed E-state index contributed by atoms with van der Waals surface area (Å²) in [5, 5.41) is 29.5. The highest BCUT2D eigenvalue weighted by atomic mass is 35.5. The van der Waals surface area contributed by atoms with Gasteiger partial charge in [0.05, 0.1) is 18.7 Å². The molecule has 0 amide bonds. The first kappa shape index (κ1) is 18.9. The van der Waals surface area contributed by atoms with Crippen molar-refractivity contribution in [2.45, 2.75) is 31.0 Å². The predicted molar refractivity (Wildman–Crippen MR) is 95.6 cm³/mol. The van der Waals surface area contributed by atoms with Crippen LogP contribution in [0, 0.1) is 0 Å². The Bertz CT molecular complexity index is 735. The molecule has 0 aliphatic carbocycles. The number of rotatable bonds is 5. The van der Waals surface area contributed by atoms with E-state index in [9.17, 15) is 15.3 Å². The molecule has 0 aromatic heterocycles. The van der Waals surface area contributed by atoms with Gasteiger partial charge in [0.25, 0.3) is 0 Å². The van der Waals surface area contributed by atoms with Crippen molar-refractivity contribution >= 4 is 11.6 Å². The van der Waals surface area contributed by atoms with E-state index in [2.05, 4.69) is 0 Å². The van der Waals surface area contributed by atoms with Crippen LogP contribution in [0.4, 0.5) is 0 Å². The van der Waals surface area contributed by atoms with Gasteiger partial charge in [-0.25, -0.2) is 0 Å². The average Bonchev–Trinajstić information content (AvgIpc) is 2.64. The zero-order valence-corrected chi connectivity index (χ0v) is 15.0. The van der Waals surface area contributed by atoms with Crippen molar-refractivity contribution in [2.75, 3.05) is 13.7 Å². The summed E-state index contributed by atoms with van der Waals surface area (Å²) in [5.41, 5.74) is 2.10. The maximum atomic E-state index is 9.94. The summed E-state index contributed by atoms with van der Waals surface area (Å²) in [4.78, 5) is 0. The van der Waals surface area contributed by atoms with E-state index in [1.807, 2.05) is 30.3 Å². The molecule has 6 nitrogen and oxygen atoms in total. The van der Waals surface area contributed by atoms with Crippen LogP contribution in [0.25, 0.3) is 0 Å². The number of hydrogen-bond donors (Lipinski definition) is 3. The van der Waals surface area contributed by atoms with Gasteiger partial charge in [0.15, 0.2) is 0 Å². The lowest BCUT2D eigenvalue weighted by atomic mass is 10.0. The van der Waals surface area contributed by atoms with Gasteiger partial charge >= 0.3 is 0 Å². The van der Waals surface area contributed by atoms with E-state index >= 15 is 0 Å². The van der Waals surface area contributed by atoms with Crippen molar-refractivity contribution < 1.29 is 29.5 Å². The highest BCUT2D eigenvalue weighted by Gasteiger charge is 2.39. The SMILES string of the molecule is COc1ccc(Cc2ccc(O[C@H]3OC[C@H](O)[C@H](O)[C@H]3O)c(Cl)c2)cc1. The fourth-order valence-corrected chi connectivity index (χ4v) is 2.98. The van der Waals surface area contributed by atoms with Crippen LogP contribution in [-0.4, -0.2) is 53.6 Å². The van der Waals surface area contributed by atoms with Gasteiger partial charge < -0.3 is 29.5 Å². The van der Waals surface area contributed by atoms with Gasteiger partial charge in [-0.15, -0.1) is 0 Å². The number of aliphatic hydroxyl groups excluding tert-OH is 3. The molecular weight excluding hydrogens is 360 g/mol. The minimum atomic E-state index is -1.37. The summed E-state index contributed by atoms with van der Waals surface area (Å²) >= 11 is 6.28. The Hall–Kier alpha value is -1.83. The Morgan fingerprint density at radius 2 is 1.73 bits per heavy atom. The van der Waals surface area contributed by atoms with Gasteiger partial charge in [-0.1, -0.05) is 29.8 Å². The van der Waals surface area contributed by atoms with E-state index in [1.54, 1.807) is 19.2 Å². The van der Waals surface area contributed by atoms with E-state index in [-0.39, 0.29) is 6.61 Å². The van der Waals surface area contributed by atoms with Crippen molar-refractivity contribution in [3.05, 3.63) is 58.6 Å². The van der Waals surface area contributed by atoms with Crippen LogP contribution in [-0.2, 0) is 11.2 Å². The van der Waals surface area contributed by atoms with Gasteiger partial charge in [0.1, 0.15) is 29.8 Å². The molecule has 7 heteroatoms. The molecule has 0 saturated carbocycles. The fraction of sp³-hybridized carbons (Fsp3) is 0.368. The molecule has 2 aromatic carbocycles. The second kappa shape index (κ2) is 8.24. The summed E-state index contributed by atoms with van der Waals surface area (Å²) < 4.78 is 15.9. The third-order valence-corrected chi connectivity index (χ3v) is 4.56. The quantitative estimate of drug-likeness (QED) is 0.732. The minimum Gasteiger partial charge on any atom is -0.497 e. The molecule has 0 unspecified atom stereocenters. The Labute approximate surface area is 156 Å². The van der Waals surface area contributed by atoms with E-state index < -0.39 is 24.6 Å². The lowest BCUT2D eigenvalue weighted by molar-refractivity contribution is -0.242. The van der Waals surface area contributed by atoms with Gasteiger partial charge in [0.2, 0.25) is 6.29 Å². The third-order valence-electron chi connectivity index (χ3n) is 4.26. The molecule has 1 aliphatic heterocycles. The normalized spacial score (nSPS) is 25.7. The first-order valence-corrected chi connectivity index (χ1v) is 8.59. The summed E-state index contributed by atoms with van der Waals surface area (Å²) in [5.74, 6) is 1.13. The highest BCUT2D eigenvalue weighted by Crippen LogP contribution is 2.29. The summed E-state index contributed by atoms with van der Waals surface area (Å²) in [6.07, 6.45) is -4.25. The first-order chi connectivity index (χ1) is 12.5. The standard InChI is InChI=1S/C19H21ClO6/c1-24-13-5-2-11(3-6-13)8-12-4-7-16(14(20)9-12)26-19-18(23)17(22)15(21)10-25-19/h2-7,9,15,17-19,21-23H,8,10H2,1H3/t15-,17-,18+,19+/m0/s1. The van der Waals surface area contributed by atoms with Gasteiger partial charge in [-0.05, 0) is 41.8 Å². The van der Waals surface area contributed by atoms with Crippen LogP contribution >= 0.6 is 11.6 Å². The second-order valence-electron chi connectivity index (χ2n) is 6.16. The molecule has 1 heterocycles. The summed E-state index contributed by atoms with van der Waals surface area (Å²) in [7, 11) is 1.63. The number of hydrogen-bond acceptors (Lipinski definition) is 6. The molecule has 1 fully saturated rings. The van der Waals surface area contributed by atoms with Gasteiger partial charge in [-0.3, -0.25) is 0 Å². The lowest BCUT2D eigenvalue weighted by Crippen LogP contribution is -2.54. The monoisotopic (exact) mass is 380 g/mol. The molecule has 1 saturated heterocycles. The third kappa shape index (κ3) is 4.28. The molecule has 2 aromatic rings. The Kier molecular flexibility index (Phi) is 6.01. The number of aliphatic hydroxyl groups is 3. The van der Waals surface area contributed by atoms with Crippen LogP contribution in [0.2, 0.25) is 5.02 Å². The minimum absolute atomic E-state index is 0.129.